The maximum absolute atomic E-state index is 12.8. The predicted molar refractivity (Wildman–Crippen MR) is 88.2 cm³/mol. The first-order valence-corrected chi connectivity index (χ1v) is 7.80. The molecule has 1 heterocycles. The SMILES string of the molecule is COc1ccc(CN2CC(CO)C(c3ccccc3)C2=O)cc1. The fraction of sp³-hybridized carbons (Fsp3) is 0.316. The molecule has 1 aliphatic rings. The lowest BCUT2D eigenvalue weighted by Crippen LogP contribution is -2.26. The first-order chi connectivity index (χ1) is 11.2. The van der Waals surface area contributed by atoms with E-state index in [1.54, 1.807) is 7.11 Å². The van der Waals surface area contributed by atoms with Crippen molar-refractivity contribution < 1.29 is 14.6 Å². The van der Waals surface area contributed by atoms with Crippen LogP contribution in [0.4, 0.5) is 0 Å². The summed E-state index contributed by atoms with van der Waals surface area (Å²) in [6, 6.07) is 17.5. The second kappa shape index (κ2) is 6.84. The third-order valence-corrected chi connectivity index (χ3v) is 4.43. The molecule has 3 rings (SSSR count). The molecule has 23 heavy (non-hydrogen) atoms. The highest BCUT2D eigenvalue weighted by Gasteiger charge is 2.40. The highest BCUT2D eigenvalue weighted by molar-refractivity contribution is 5.86. The number of aliphatic hydroxyl groups is 1. The van der Waals surface area contributed by atoms with E-state index in [4.69, 9.17) is 4.74 Å². The van der Waals surface area contributed by atoms with Crippen molar-refractivity contribution in [1.29, 1.82) is 0 Å². The number of carbonyl (C=O) groups is 1. The second-order valence-corrected chi connectivity index (χ2v) is 5.90. The molecular formula is C19H21NO3. The lowest BCUT2D eigenvalue weighted by atomic mass is 9.89. The minimum absolute atomic E-state index is 0.0183. The van der Waals surface area contributed by atoms with Crippen LogP contribution in [0.2, 0.25) is 0 Å². The van der Waals surface area contributed by atoms with Gasteiger partial charge in [0.2, 0.25) is 5.91 Å². The number of carbonyl (C=O) groups excluding carboxylic acids is 1. The van der Waals surface area contributed by atoms with Crippen molar-refractivity contribution in [2.24, 2.45) is 5.92 Å². The molecule has 0 aromatic heterocycles. The van der Waals surface area contributed by atoms with E-state index in [0.717, 1.165) is 16.9 Å². The van der Waals surface area contributed by atoms with Gasteiger partial charge in [-0.2, -0.15) is 0 Å². The molecule has 1 aliphatic heterocycles. The molecule has 1 amide bonds. The van der Waals surface area contributed by atoms with Crippen LogP contribution in [0.15, 0.2) is 54.6 Å². The summed E-state index contributed by atoms with van der Waals surface area (Å²) in [4.78, 5) is 14.6. The number of methoxy groups -OCH3 is 1. The summed E-state index contributed by atoms with van der Waals surface area (Å²) in [5, 5.41) is 9.67. The second-order valence-electron chi connectivity index (χ2n) is 5.90. The molecular weight excluding hydrogens is 290 g/mol. The smallest absolute Gasteiger partial charge is 0.230 e. The molecule has 0 bridgehead atoms. The van der Waals surface area contributed by atoms with Crippen LogP contribution in [-0.2, 0) is 11.3 Å². The Hall–Kier alpha value is -2.33. The van der Waals surface area contributed by atoms with Crippen LogP contribution < -0.4 is 4.74 Å². The van der Waals surface area contributed by atoms with Gasteiger partial charge in [-0.1, -0.05) is 42.5 Å². The average Bonchev–Trinajstić information content (AvgIpc) is 2.92. The van der Waals surface area contributed by atoms with Gasteiger partial charge in [-0.15, -0.1) is 0 Å². The van der Waals surface area contributed by atoms with Gasteiger partial charge in [0.25, 0.3) is 0 Å². The number of hydrogen-bond acceptors (Lipinski definition) is 3. The quantitative estimate of drug-likeness (QED) is 0.922. The Morgan fingerprint density at radius 1 is 1.13 bits per heavy atom. The molecule has 2 unspecified atom stereocenters. The van der Waals surface area contributed by atoms with Gasteiger partial charge in [0.05, 0.1) is 13.0 Å². The maximum atomic E-state index is 12.8. The van der Waals surface area contributed by atoms with E-state index < -0.39 is 0 Å². The Bertz CT molecular complexity index is 654. The zero-order valence-electron chi connectivity index (χ0n) is 13.2. The molecule has 120 valence electrons. The van der Waals surface area contributed by atoms with Crippen LogP contribution in [0.1, 0.15) is 17.0 Å². The van der Waals surface area contributed by atoms with Crippen LogP contribution in [-0.4, -0.2) is 36.2 Å². The van der Waals surface area contributed by atoms with Gasteiger partial charge >= 0.3 is 0 Å². The summed E-state index contributed by atoms with van der Waals surface area (Å²) < 4.78 is 5.16. The predicted octanol–water partition coefficient (Wildman–Crippen LogP) is 2.43. The third kappa shape index (κ3) is 3.22. The number of rotatable bonds is 5. The van der Waals surface area contributed by atoms with Crippen LogP contribution in [0.5, 0.6) is 5.75 Å². The van der Waals surface area contributed by atoms with Crippen molar-refractivity contribution in [3.05, 3.63) is 65.7 Å². The highest BCUT2D eigenvalue weighted by Crippen LogP contribution is 2.34. The Balaban J connectivity index is 1.77. The molecule has 4 nitrogen and oxygen atoms in total. The molecule has 1 saturated heterocycles. The van der Waals surface area contributed by atoms with Crippen molar-refractivity contribution in [2.75, 3.05) is 20.3 Å². The summed E-state index contributed by atoms with van der Waals surface area (Å²) in [5.41, 5.74) is 2.04. The van der Waals surface area contributed by atoms with E-state index in [0.29, 0.717) is 13.1 Å². The van der Waals surface area contributed by atoms with Gasteiger partial charge in [0, 0.05) is 25.6 Å². The summed E-state index contributed by atoms with van der Waals surface area (Å²) in [7, 11) is 1.63. The molecule has 0 radical (unpaired) electrons. The number of amides is 1. The van der Waals surface area contributed by atoms with Gasteiger partial charge in [-0.25, -0.2) is 0 Å². The first-order valence-electron chi connectivity index (χ1n) is 7.80. The largest absolute Gasteiger partial charge is 0.497 e. The van der Waals surface area contributed by atoms with Crippen molar-refractivity contribution in [2.45, 2.75) is 12.5 Å². The minimum atomic E-state index is -0.251. The molecule has 1 N–H and O–H groups in total. The topological polar surface area (TPSA) is 49.8 Å². The molecule has 4 heteroatoms. The standard InChI is InChI=1S/C19H21NO3/c1-23-17-9-7-14(8-10-17)11-20-12-16(13-21)18(19(20)22)15-5-3-2-4-6-15/h2-10,16,18,21H,11-13H2,1H3. The van der Waals surface area contributed by atoms with Crippen molar-refractivity contribution >= 4 is 5.91 Å². The van der Waals surface area contributed by atoms with Crippen molar-refractivity contribution in [3.8, 4) is 5.75 Å². The Labute approximate surface area is 136 Å². The van der Waals surface area contributed by atoms with Crippen LogP contribution in [0.25, 0.3) is 0 Å². The monoisotopic (exact) mass is 311 g/mol. The molecule has 2 atom stereocenters. The lowest BCUT2D eigenvalue weighted by molar-refractivity contribution is -0.129. The van der Waals surface area contributed by atoms with E-state index in [-0.39, 0.29) is 24.3 Å². The van der Waals surface area contributed by atoms with E-state index >= 15 is 0 Å². The molecule has 2 aromatic rings. The fourth-order valence-electron chi connectivity index (χ4n) is 3.21. The van der Waals surface area contributed by atoms with E-state index in [9.17, 15) is 9.90 Å². The Morgan fingerprint density at radius 2 is 1.83 bits per heavy atom. The van der Waals surface area contributed by atoms with Crippen LogP contribution >= 0.6 is 0 Å². The van der Waals surface area contributed by atoms with Gasteiger partial charge < -0.3 is 14.7 Å². The summed E-state index contributed by atoms with van der Waals surface area (Å²) >= 11 is 0. The highest BCUT2D eigenvalue weighted by atomic mass is 16.5. The van der Waals surface area contributed by atoms with Gasteiger partial charge in [-0.3, -0.25) is 4.79 Å². The Kier molecular flexibility index (Phi) is 4.63. The zero-order valence-corrected chi connectivity index (χ0v) is 13.2. The third-order valence-electron chi connectivity index (χ3n) is 4.43. The molecule has 2 aromatic carbocycles. The summed E-state index contributed by atoms with van der Waals surface area (Å²) in [6.45, 7) is 1.16. The lowest BCUT2D eigenvalue weighted by Gasteiger charge is -2.17. The van der Waals surface area contributed by atoms with Crippen LogP contribution in [0.3, 0.4) is 0 Å². The molecule has 0 aliphatic carbocycles. The van der Waals surface area contributed by atoms with Gasteiger partial charge in [-0.05, 0) is 23.3 Å². The summed E-state index contributed by atoms with van der Waals surface area (Å²) in [5.74, 6) is 0.588. The van der Waals surface area contributed by atoms with E-state index in [2.05, 4.69) is 0 Å². The van der Waals surface area contributed by atoms with Gasteiger partial charge in [0.15, 0.2) is 0 Å². The van der Waals surface area contributed by atoms with Crippen LogP contribution in [0, 0.1) is 5.92 Å². The number of likely N-dealkylation sites (tertiary alicyclic amines) is 1. The summed E-state index contributed by atoms with van der Waals surface area (Å²) in [6.07, 6.45) is 0. The normalized spacial score (nSPS) is 20.8. The number of nitrogens with zero attached hydrogens (tertiary/aromatic N) is 1. The van der Waals surface area contributed by atoms with Crippen molar-refractivity contribution in [3.63, 3.8) is 0 Å². The molecule has 0 saturated carbocycles. The van der Waals surface area contributed by atoms with Gasteiger partial charge in [0.1, 0.15) is 5.75 Å². The maximum Gasteiger partial charge on any atom is 0.230 e. The first kappa shape index (κ1) is 15.6. The fourth-order valence-corrected chi connectivity index (χ4v) is 3.21. The molecule has 1 fully saturated rings. The average molecular weight is 311 g/mol. The Morgan fingerprint density at radius 3 is 2.43 bits per heavy atom. The van der Waals surface area contributed by atoms with E-state index in [1.807, 2.05) is 59.5 Å². The number of benzene rings is 2. The minimum Gasteiger partial charge on any atom is -0.497 e. The van der Waals surface area contributed by atoms with Crippen molar-refractivity contribution in [1.82, 2.24) is 4.90 Å². The number of aliphatic hydroxyl groups excluding tert-OH is 1. The number of hydrogen-bond donors (Lipinski definition) is 1. The zero-order chi connectivity index (χ0) is 16.2. The molecule has 0 spiro atoms. The van der Waals surface area contributed by atoms with E-state index in [1.165, 1.54) is 0 Å². The number of ether oxygens (including phenoxy) is 1.